The fourth-order valence-electron chi connectivity index (χ4n) is 3.06. The van der Waals surface area contributed by atoms with Crippen LogP contribution in [0.15, 0.2) is 30.3 Å². The molecule has 4 atom stereocenters. The molecule has 1 aromatic rings. The van der Waals surface area contributed by atoms with Gasteiger partial charge in [-0.1, -0.05) is 51.1 Å². The van der Waals surface area contributed by atoms with Crippen LogP contribution in [0, 0.1) is 0 Å². The van der Waals surface area contributed by atoms with Gasteiger partial charge in [-0.15, -0.1) is 0 Å². The Morgan fingerprint density at radius 2 is 1.81 bits per heavy atom. The van der Waals surface area contributed by atoms with Gasteiger partial charge in [0.1, 0.15) is 6.17 Å². The summed E-state index contributed by atoms with van der Waals surface area (Å²) < 4.78 is 32.4. The second kappa shape index (κ2) is 8.96. The van der Waals surface area contributed by atoms with Crippen LogP contribution in [0.5, 0.6) is 0 Å². The molecule has 0 aromatic heterocycles. The van der Waals surface area contributed by atoms with Crippen molar-refractivity contribution in [3.8, 4) is 0 Å². The summed E-state index contributed by atoms with van der Waals surface area (Å²) in [7, 11) is -0.315. The smallest absolute Gasteiger partial charge is 0.193 e. The van der Waals surface area contributed by atoms with E-state index in [1.165, 1.54) is 0 Å². The summed E-state index contributed by atoms with van der Waals surface area (Å²) in [5, 5.41) is 0.110. The molecule has 1 aromatic carbocycles. The van der Waals surface area contributed by atoms with Gasteiger partial charge in [0.15, 0.2) is 8.32 Å². The fourth-order valence-corrected chi connectivity index (χ4v) is 4.33. The molecule has 1 aliphatic carbocycles. The molecule has 0 bridgehead atoms. The van der Waals surface area contributed by atoms with Crippen LogP contribution in [0.1, 0.15) is 51.7 Å². The Hall–Kier alpha value is -0.753. The van der Waals surface area contributed by atoms with Gasteiger partial charge in [-0.2, -0.15) is 0 Å². The Labute approximate surface area is 159 Å². The van der Waals surface area contributed by atoms with E-state index in [0.717, 1.165) is 12.0 Å². The molecular formula is C21H35FO3Si. The third-order valence-electron chi connectivity index (χ3n) is 5.87. The molecule has 26 heavy (non-hydrogen) atoms. The highest BCUT2D eigenvalue weighted by Gasteiger charge is 2.40. The van der Waals surface area contributed by atoms with Crippen LogP contribution in [0.2, 0.25) is 18.1 Å². The molecule has 2 rings (SSSR count). The molecule has 0 spiro atoms. The van der Waals surface area contributed by atoms with Crippen molar-refractivity contribution >= 4 is 8.32 Å². The number of hydrogen-bond acceptors (Lipinski definition) is 3. The Morgan fingerprint density at radius 1 is 1.15 bits per heavy atom. The number of rotatable bonds is 7. The third kappa shape index (κ3) is 5.62. The van der Waals surface area contributed by atoms with E-state index in [4.69, 9.17) is 13.9 Å². The zero-order chi connectivity index (χ0) is 19.4. The topological polar surface area (TPSA) is 27.7 Å². The van der Waals surface area contributed by atoms with Crippen LogP contribution in [-0.2, 0) is 13.9 Å². The first kappa shape index (κ1) is 21.5. The highest BCUT2D eigenvalue weighted by atomic mass is 28.4. The van der Waals surface area contributed by atoms with Crippen LogP contribution in [0.4, 0.5) is 4.39 Å². The Bertz CT molecular complexity index is 544. The van der Waals surface area contributed by atoms with Crippen molar-refractivity contribution in [1.29, 1.82) is 0 Å². The fraction of sp³-hybridized carbons (Fsp3) is 0.714. The second-order valence-corrected chi connectivity index (χ2v) is 13.6. The van der Waals surface area contributed by atoms with Gasteiger partial charge in [0.25, 0.3) is 0 Å². The first-order valence-corrected chi connectivity index (χ1v) is 12.6. The summed E-state index contributed by atoms with van der Waals surface area (Å²) in [6, 6.07) is 10.2. The molecule has 1 saturated carbocycles. The van der Waals surface area contributed by atoms with Crippen molar-refractivity contribution in [2.24, 2.45) is 0 Å². The lowest BCUT2D eigenvalue weighted by atomic mass is 9.93. The molecule has 0 radical (unpaired) electrons. The van der Waals surface area contributed by atoms with E-state index in [1.807, 2.05) is 18.2 Å². The molecule has 5 heteroatoms. The normalized spacial score (nSPS) is 25.9. The molecule has 1 aliphatic rings. The van der Waals surface area contributed by atoms with Crippen LogP contribution in [0.25, 0.3) is 0 Å². The molecule has 1 fully saturated rings. The SMILES string of the molecule is COC1CC[C@H](OCC(O[Si](C)(C)C(C)(C)C)c2ccccc2)[C@@H](F)C1. The highest BCUT2D eigenvalue weighted by Crippen LogP contribution is 2.40. The Kier molecular flexibility index (Phi) is 7.42. The largest absolute Gasteiger partial charge is 0.408 e. The number of ether oxygens (including phenoxy) is 2. The van der Waals surface area contributed by atoms with Gasteiger partial charge in [0, 0.05) is 13.5 Å². The van der Waals surface area contributed by atoms with Gasteiger partial charge in [0.2, 0.25) is 0 Å². The van der Waals surface area contributed by atoms with E-state index >= 15 is 0 Å². The van der Waals surface area contributed by atoms with Gasteiger partial charge >= 0.3 is 0 Å². The molecule has 0 aliphatic heterocycles. The minimum absolute atomic E-state index is 0.0123. The number of methoxy groups -OCH3 is 1. The lowest BCUT2D eigenvalue weighted by molar-refractivity contribution is -0.0825. The van der Waals surface area contributed by atoms with Gasteiger partial charge in [-0.25, -0.2) is 4.39 Å². The van der Waals surface area contributed by atoms with Crippen LogP contribution >= 0.6 is 0 Å². The summed E-state index contributed by atoms with van der Waals surface area (Å²) in [4.78, 5) is 0. The standard InChI is InChI=1S/C21H35FO3Si/c1-21(2,3)26(5,6)25-20(16-10-8-7-9-11-16)15-24-19-13-12-17(23-4)14-18(19)22/h7-11,17-20H,12-15H2,1-6H3/t17?,18-,19-,20?/m0/s1. The zero-order valence-electron chi connectivity index (χ0n) is 17.1. The number of hydrogen-bond donors (Lipinski definition) is 0. The van der Waals surface area contributed by atoms with E-state index in [2.05, 4.69) is 46.0 Å². The van der Waals surface area contributed by atoms with Crippen molar-refractivity contribution in [3.63, 3.8) is 0 Å². The maximum absolute atomic E-state index is 14.4. The van der Waals surface area contributed by atoms with E-state index in [9.17, 15) is 4.39 Å². The highest BCUT2D eigenvalue weighted by molar-refractivity contribution is 6.74. The quantitative estimate of drug-likeness (QED) is 0.569. The van der Waals surface area contributed by atoms with Gasteiger partial charge in [0.05, 0.1) is 24.9 Å². The van der Waals surface area contributed by atoms with E-state index < -0.39 is 14.5 Å². The van der Waals surface area contributed by atoms with Crippen molar-refractivity contribution in [2.75, 3.05) is 13.7 Å². The summed E-state index contributed by atoms with van der Waals surface area (Å²) in [5.74, 6) is 0. The average molecular weight is 383 g/mol. The van der Waals surface area contributed by atoms with Crippen molar-refractivity contribution in [3.05, 3.63) is 35.9 Å². The predicted octanol–water partition coefficient (Wildman–Crippen LogP) is 5.67. The second-order valence-electron chi connectivity index (χ2n) is 8.84. The molecule has 3 nitrogen and oxygen atoms in total. The maximum atomic E-state index is 14.4. The molecule has 0 saturated heterocycles. The minimum Gasteiger partial charge on any atom is -0.408 e. The molecule has 0 amide bonds. The average Bonchev–Trinajstić information content (AvgIpc) is 2.59. The van der Waals surface area contributed by atoms with Crippen molar-refractivity contribution in [2.45, 2.75) is 82.6 Å². The molecule has 0 heterocycles. The van der Waals surface area contributed by atoms with Gasteiger partial charge in [-0.05, 0) is 36.5 Å². The minimum atomic E-state index is -1.97. The van der Waals surface area contributed by atoms with E-state index in [0.29, 0.717) is 19.4 Å². The van der Waals surface area contributed by atoms with Crippen LogP contribution in [0.3, 0.4) is 0 Å². The first-order chi connectivity index (χ1) is 12.1. The lowest BCUT2D eigenvalue weighted by Gasteiger charge is -2.40. The Balaban J connectivity index is 2.06. The monoisotopic (exact) mass is 382 g/mol. The third-order valence-corrected chi connectivity index (χ3v) is 10.4. The number of halogens is 1. The van der Waals surface area contributed by atoms with Crippen molar-refractivity contribution < 1.29 is 18.3 Å². The number of alkyl halides is 1. The summed E-state index contributed by atoms with van der Waals surface area (Å²) in [5.41, 5.74) is 1.10. The predicted molar refractivity (Wildman–Crippen MR) is 107 cm³/mol. The summed E-state index contributed by atoms with van der Waals surface area (Å²) in [6.45, 7) is 11.6. The molecule has 148 valence electrons. The molecular weight excluding hydrogens is 347 g/mol. The summed E-state index contributed by atoms with van der Waals surface area (Å²) in [6.07, 6.45) is 0.471. The van der Waals surface area contributed by atoms with Crippen LogP contribution < -0.4 is 0 Å². The molecule has 2 unspecified atom stereocenters. The summed E-state index contributed by atoms with van der Waals surface area (Å²) >= 11 is 0. The van der Waals surface area contributed by atoms with Gasteiger partial charge in [-0.3, -0.25) is 0 Å². The Morgan fingerprint density at radius 3 is 2.35 bits per heavy atom. The van der Waals surface area contributed by atoms with Crippen LogP contribution in [-0.4, -0.2) is 40.4 Å². The lowest BCUT2D eigenvalue weighted by Crippen LogP contribution is -2.43. The van der Waals surface area contributed by atoms with E-state index in [-0.39, 0.29) is 23.4 Å². The zero-order valence-corrected chi connectivity index (χ0v) is 18.1. The van der Waals surface area contributed by atoms with E-state index in [1.54, 1.807) is 7.11 Å². The maximum Gasteiger partial charge on any atom is 0.193 e. The van der Waals surface area contributed by atoms with Gasteiger partial charge < -0.3 is 13.9 Å². The van der Waals surface area contributed by atoms with Crippen molar-refractivity contribution in [1.82, 2.24) is 0 Å². The molecule has 0 N–H and O–H groups in total. The first-order valence-electron chi connectivity index (χ1n) is 9.65. The number of benzene rings is 1.